The third kappa shape index (κ3) is 7.13. The summed E-state index contributed by atoms with van der Waals surface area (Å²) in [6, 6.07) is 7.03. The predicted octanol–water partition coefficient (Wildman–Crippen LogP) is 2.58. The van der Waals surface area contributed by atoms with Gasteiger partial charge in [-0.3, -0.25) is 14.4 Å². The number of rotatable bonds is 7. The lowest BCUT2D eigenvalue weighted by atomic mass is 9.87. The summed E-state index contributed by atoms with van der Waals surface area (Å²) in [5.74, 6) is -0.0914. The van der Waals surface area contributed by atoms with Crippen molar-refractivity contribution in [2.75, 3.05) is 37.6 Å². The second-order valence-corrected chi connectivity index (χ2v) is 9.00. The number of nitrogens with zero attached hydrogens (tertiary/aromatic N) is 2. The lowest BCUT2D eigenvalue weighted by molar-refractivity contribution is -0.134. The van der Waals surface area contributed by atoms with Crippen LogP contribution in [0.25, 0.3) is 0 Å². The minimum Gasteiger partial charge on any atom is -0.368 e. The molecule has 1 aromatic rings. The summed E-state index contributed by atoms with van der Waals surface area (Å²) in [4.78, 5) is 41.0. The quantitative estimate of drug-likeness (QED) is 0.671. The maximum absolute atomic E-state index is 12.5. The van der Waals surface area contributed by atoms with E-state index in [1.165, 1.54) is 19.3 Å². The molecule has 1 aliphatic carbocycles. The second-order valence-electron chi connectivity index (χ2n) is 8.56. The first-order chi connectivity index (χ1) is 14.9. The number of amides is 3. The van der Waals surface area contributed by atoms with Crippen LogP contribution in [0.15, 0.2) is 24.3 Å². The maximum Gasteiger partial charge on any atom is 0.242 e. The molecule has 1 aromatic carbocycles. The maximum atomic E-state index is 12.5. The molecule has 1 aliphatic heterocycles. The number of carbonyl (C=O) groups excluding carboxylic acids is 3. The van der Waals surface area contributed by atoms with E-state index in [0.29, 0.717) is 30.5 Å². The van der Waals surface area contributed by atoms with Crippen LogP contribution in [0.3, 0.4) is 0 Å². The Morgan fingerprint density at radius 2 is 1.68 bits per heavy atom. The standard InChI is InChI=1S/C23H33ClN4O3/c1-17(26-21(29)15-18-5-3-2-4-6-18)23(31)25-16-22(30)28-13-11-27(12-14-28)20-9-7-19(24)8-10-20/h7-10,17-18H,2-6,11-16H2,1H3,(H,25,31)(H,26,29). The van der Waals surface area contributed by atoms with Crippen molar-refractivity contribution in [2.24, 2.45) is 5.92 Å². The molecule has 31 heavy (non-hydrogen) atoms. The number of nitrogens with one attached hydrogen (secondary N) is 2. The van der Waals surface area contributed by atoms with Gasteiger partial charge in [0.1, 0.15) is 6.04 Å². The molecule has 8 heteroatoms. The van der Waals surface area contributed by atoms with E-state index in [2.05, 4.69) is 15.5 Å². The van der Waals surface area contributed by atoms with Gasteiger partial charge in [-0.05, 0) is 49.9 Å². The lowest BCUT2D eigenvalue weighted by Crippen LogP contribution is -2.52. The van der Waals surface area contributed by atoms with Crippen LogP contribution in [0.2, 0.25) is 5.02 Å². The molecule has 3 rings (SSSR count). The summed E-state index contributed by atoms with van der Waals surface area (Å²) in [6.45, 7) is 4.27. The molecule has 1 unspecified atom stereocenters. The Bertz CT molecular complexity index is 757. The van der Waals surface area contributed by atoms with Crippen molar-refractivity contribution in [1.82, 2.24) is 15.5 Å². The molecule has 0 radical (unpaired) electrons. The van der Waals surface area contributed by atoms with Gasteiger partial charge in [-0.25, -0.2) is 0 Å². The molecule has 1 saturated carbocycles. The third-order valence-corrected chi connectivity index (χ3v) is 6.46. The van der Waals surface area contributed by atoms with E-state index in [0.717, 1.165) is 31.6 Å². The fraction of sp³-hybridized carbons (Fsp3) is 0.609. The summed E-state index contributed by atoms with van der Waals surface area (Å²) in [6.07, 6.45) is 6.28. The lowest BCUT2D eigenvalue weighted by Gasteiger charge is -2.36. The zero-order valence-corrected chi connectivity index (χ0v) is 19.0. The highest BCUT2D eigenvalue weighted by Gasteiger charge is 2.24. The van der Waals surface area contributed by atoms with Gasteiger partial charge >= 0.3 is 0 Å². The van der Waals surface area contributed by atoms with Crippen molar-refractivity contribution >= 4 is 35.0 Å². The van der Waals surface area contributed by atoms with Gasteiger partial charge in [0, 0.05) is 43.3 Å². The molecule has 7 nitrogen and oxygen atoms in total. The van der Waals surface area contributed by atoms with Crippen molar-refractivity contribution in [3.8, 4) is 0 Å². The Morgan fingerprint density at radius 3 is 2.32 bits per heavy atom. The molecule has 0 bridgehead atoms. The average Bonchev–Trinajstić information content (AvgIpc) is 2.78. The molecule has 2 fully saturated rings. The zero-order valence-electron chi connectivity index (χ0n) is 18.2. The minimum atomic E-state index is -0.648. The first-order valence-electron chi connectivity index (χ1n) is 11.3. The van der Waals surface area contributed by atoms with Crippen molar-refractivity contribution < 1.29 is 14.4 Å². The van der Waals surface area contributed by atoms with Gasteiger partial charge in [0.15, 0.2) is 0 Å². The van der Waals surface area contributed by atoms with Crippen LogP contribution in [-0.2, 0) is 14.4 Å². The number of benzene rings is 1. The largest absolute Gasteiger partial charge is 0.368 e. The highest BCUT2D eigenvalue weighted by atomic mass is 35.5. The summed E-state index contributed by atoms with van der Waals surface area (Å²) in [5, 5.41) is 6.13. The van der Waals surface area contributed by atoms with Gasteiger partial charge in [0.2, 0.25) is 17.7 Å². The van der Waals surface area contributed by atoms with Crippen LogP contribution in [0, 0.1) is 5.92 Å². The van der Waals surface area contributed by atoms with E-state index in [1.54, 1.807) is 11.8 Å². The Balaban J connectivity index is 1.35. The Kier molecular flexibility index (Phi) is 8.58. The zero-order chi connectivity index (χ0) is 22.2. The molecule has 3 amide bonds. The van der Waals surface area contributed by atoms with Crippen LogP contribution < -0.4 is 15.5 Å². The van der Waals surface area contributed by atoms with Gasteiger partial charge in [0.25, 0.3) is 0 Å². The molecule has 170 valence electrons. The van der Waals surface area contributed by atoms with Gasteiger partial charge < -0.3 is 20.4 Å². The SMILES string of the molecule is CC(NC(=O)CC1CCCCC1)C(=O)NCC(=O)N1CCN(c2ccc(Cl)cc2)CC1. The van der Waals surface area contributed by atoms with E-state index < -0.39 is 6.04 Å². The van der Waals surface area contributed by atoms with Crippen molar-refractivity contribution in [3.63, 3.8) is 0 Å². The molecule has 2 aliphatic rings. The van der Waals surface area contributed by atoms with Crippen LogP contribution in [0.1, 0.15) is 45.4 Å². The van der Waals surface area contributed by atoms with Gasteiger partial charge in [0.05, 0.1) is 6.54 Å². The molecule has 0 spiro atoms. The predicted molar refractivity (Wildman–Crippen MR) is 122 cm³/mol. The number of hydrogen-bond acceptors (Lipinski definition) is 4. The van der Waals surface area contributed by atoms with Crippen LogP contribution in [0.4, 0.5) is 5.69 Å². The number of piperazine rings is 1. The summed E-state index contributed by atoms with van der Waals surface area (Å²) in [7, 11) is 0. The Labute approximate surface area is 189 Å². The Morgan fingerprint density at radius 1 is 1.03 bits per heavy atom. The molecule has 0 aromatic heterocycles. The molecular formula is C23H33ClN4O3. The Hall–Kier alpha value is -2.28. The first-order valence-corrected chi connectivity index (χ1v) is 11.7. The van der Waals surface area contributed by atoms with Crippen LogP contribution >= 0.6 is 11.6 Å². The smallest absolute Gasteiger partial charge is 0.242 e. The third-order valence-electron chi connectivity index (χ3n) is 6.21. The summed E-state index contributed by atoms with van der Waals surface area (Å²) < 4.78 is 0. The fourth-order valence-electron chi connectivity index (χ4n) is 4.31. The monoisotopic (exact) mass is 448 g/mol. The van der Waals surface area contributed by atoms with Gasteiger partial charge in [-0.2, -0.15) is 0 Å². The van der Waals surface area contributed by atoms with Crippen LogP contribution in [0.5, 0.6) is 0 Å². The summed E-state index contributed by atoms with van der Waals surface area (Å²) in [5.41, 5.74) is 1.09. The molecule has 2 N–H and O–H groups in total. The fourth-order valence-corrected chi connectivity index (χ4v) is 4.44. The van der Waals surface area contributed by atoms with Crippen molar-refractivity contribution in [3.05, 3.63) is 29.3 Å². The highest BCUT2D eigenvalue weighted by molar-refractivity contribution is 6.30. The number of hydrogen-bond donors (Lipinski definition) is 2. The van der Waals surface area contributed by atoms with E-state index in [-0.39, 0.29) is 24.3 Å². The molecule has 1 saturated heterocycles. The van der Waals surface area contributed by atoms with Gasteiger partial charge in [-0.1, -0.05) is 30.9 Å². The summed E-state index contributed by atoms with van der Waals surface area (Å²) >= 11 is 5.94. The van der Waals surface area contributed by atoms with E-state index in [4.69, 9.17) is 11.6 Å². The number of halogens is 1. The average molecular weight is 449 g/mol. The van der Waals surface area contributed by atoms with E-state index in [9.17, 15) is 14.4 Å². The molecular weight excluding hydrogens is 416 g/mol. The minimum absolute atomic E-state index is 0.0530. The second kappa shape index (κ2) is 11.4. The van der Waals surface area contributed by atoms with E-state index in [1.807, 2.05) is 24.3 Å². The van der Waals surface area contributed by atoms with Crippen molar-refractivity contribution in [2.45, 2.75) is 51.5 Å². The normalized spacial score (nSPS) is 18.4. The number of anilines is 1. The molecule has 1 atom stereocenters. The first kappa shape index (κ1) is 23.4. The van der Waals surface area contributed by atoms with Gasteiger partial charge in [-0.15, -0.1) is 0 Å². The molecule has 1 heterocycles. The number of carbonyl (C=O) groups is 3. The van der Waals surface area contributed by atoms with E-state index >= 15 is 0 Å². The van der Waals surface area contributed by atoms with Crippen molar-refractivity contribution in [1.29, 1.82) is 0 Å². The highest BCUT2D eigenvalue weighted by Crippen LogP contribution is 2.26. The topological polar surface area (TPSA) is 81.8 Å². The van der Waals surface area contributed by atoms with Crippen LogP contribution in [-0.4, -0.2) is 61.4 Å².